The van der Waals surface area contributed by atoms with Gasteiger partial charge in [-0.1, -0.05) is 24.3 Å². The van der Waals surface area contributed by atoms with Crippen LogP contribution in [0, 0.1) is 5.82 Å². The molecule has 168 valence electrons. The van der Waals surface area contributed by atoms with Crippen LogP contribution < -0.4 is 9.64 Å². The number of amides is 2. The predicted octanol–water partition coefficient (Wildman–Crippen LogP) is 2.38. The zero-order valence-corrected chi connectivity index (χ0v) is 18.2. The Hall–Kier alpha value is -3.39. The van der Waals surface area contributed by atoms with Crippen molar-refractivity contribution in [2.45, 2.75) is 0 Å². The predicted molar refractivity (Wildman–Crippen MR) is 119 cm³/mol. The van der Waals surface area contributed by atoms with E-state index in [1.165, 1.54) is 24.1 Å². The lowest BCUT2D eigenvalue weighted by atomic mass is 10.0. The van der Waals surface area contributed by atoms with E-state index in [0.29, 0.717) is 43.0 Å². The molecule has 0 spiro atoms. The number of piperazine rings is 1. The van der Waals surface area contributed by atoms with Crippen LogP contribution in [-0.4, -0.2) is 75.2 Å². The molecule has 8 heteroatoms. The number of imide groups is 1. The van der Waals surface area contributed by atoms with Gasteiger partial charge in [-0.3, -0.25) is 14.5 Å². The van der Waals surface area contributed by atoms with Crippen molar-refractivity contribution in [1.82, 2.24) is 9.80 Å². The second-order valence-corrected chi connectivity index (χ2v) is 7.63. The fourth-order valence-electron chi connectivity index (χ4n) is 4.18. The highest BCUT2D eigenvalue weighted by molar-refractivity contribution is 6.35. The average molecular weight is 439 g/mol. The van der Waals surface area contributed by atoms with Gasteiger partial charge in [0, 0.05) is 33.3 Å². The average Bonchev–Trinajstić information content (AvgIpc) is 3.07. The molecule has 0 bridgehead atoms. The Morgan fingerprint density at radius 2 is 1.53 bits per heavy atom. The number of ether oxygens (including phenoxy) is 2. The van der Waals surface area contributed by atoms with E-state index in [4.69, 9.17) is 9.47 Å². The van der Waals surface area contributed by atoms with Gasteiger partial charge in [0.05, 0.1) is 31.5 Å². The van der Waals surface area contributed by atoms with Gasteiger partial charge in [-0.15, -0.1) is 0 Å². The van der Waals surface area contributed by atoms with E-state index in [9.17, 15) is 14.0 Å². The van der Waals surface area contributed by atoms with Crippen LogP contribution in [0.5, 0.6) is 5.75 Å². The molecule has 4 rings (SSSR count). The minimum absolute atomic E-state index is 0.170. The summed E-state index contributed by atoms with van der Waals surface area (Å²) in [6.45, 7) is 2.89. The molecule has 2 aromatic carbocycles. The maximum Gasteiger partial charge on any atom is 0.277 e. The third-order valence-corrected chi connectivity index (χ3v) is 5.82. The number of carbonyl (C=O) groups is 2. The fourth-order valence-corrected chi connectivity index (χ4v) is 4.18. The molecule has 32 heavy (non-hydrogen) atoms. The van der Waals surface area contributed by atoms with Gasteiger partial charge in [0.2, 0.25) is 0 Å². The summed E-state index contributed by atoms with van der Waals surface area (Å²) in [5.74, 6) is -0.308. The zero-order chi connectivity index (χ0) is 22.7. The molecule has 0 aromatic heterocycles. The number of anilines is 1. The number of hydrogen-bond acceptors (Lipinski definition) is 6. The van der Waals surface area contributed by atoms with Gasteiger partial charge in [0.25, 0.3) is 11.8 Å². The molecular formula is C24H26FN3O4. The standard InChI is InChI=1S/C24H26FN3O4/c1-31-16-15-28-23(29)21(17-7-9-18(25)10-8-17)22(24(28)30)27-13-11-26(12-14-27)19-5-3-4-6-20(19)32-2/h3-10H,11-16H2,1-2H3. The second-order valence-electron chi connectivity index (χ2n) is 7.63. The van der Waals surface area contributed by atoms with Crippen LogP contribution in [0.1, 0.15) is 5.56 Å². The minimum Gasteiger partial charge on any atom is -0.495 e. The quantitative estimate of drug-likeness (QED) is 0.618. The van der Waals surface area contributed by atoms with E-state index in [0.717, 1.165) is 11.4 Å². The lowest BCUT2D eigenvalue weighted by Gasteiger charge is -2.38. The van der Waals surface area contributed by atoms with E-state index in [1.807, 2.05) is 29.2 Å². The Kier molecular flexibility index (Phi) is 6.41. The Morgan fingerprint density at radius 1 is 0.875 bits per heavy atom. The van der Waals surface area contributed by atoms with Crippen molar-refractivity contribution in [2.24, 2.45) is 0 Å². The number of methoxy groups -OCH3 is 2. The summed E-state index contributed by atoms with van der Waals surface area (Å²) < 4.78 is 24.0. The normalized spacial score (nSPS) is 16.9. The zero-order valence-electron chi connectivity index (χ0n) is 18.2. The summed E-state index contributed by atoms with van der Waals surface area (Å²) in [5.41, 5.74) is 2.22. The highest BCUT2D eigenvalue weighted by Gasteiger charge is 2.42. The fraction of sp³-hybridized carbons (Fsp3) is 0.333. The smallest absolute Gasteiger partial charge is 0.277 e. The van der Waals surface area contributed by atoms with Gasteiger partial charge in [0.15, 0.2) is 0 Å². The van der Waals surface area contributed by atoms with Crippen LogP contribution in [0.4, 0.5) is 10.1 Å². The van der Waals surface area contributed by atoms with Crippen molar-refractivity contribution < 1.29 is 23.5 Å². The molecular weight excluding hydrogens is 413 g/mol. The summed E-state index contributed by atoms with van der Waals surface area (Å²) in [6, 6.07) is 13.5. The van der Waals surface area contributed by atoms with Crippen LogP contribution in [-0.2, 0) is 14.3 Å². The third kappa shape index (κ3) is 4.05. The molecule has 1 fully saturated rings. The third-order valence-electron chi connectivity index (χ3n) is 5.82. The number of hydrogen-bond donors (Lipinski definition) is 0. The van der Waals surface area contributed by atoms with Crippen molar-refractivity contribution in [3.05, 3.63) is 65.6 Å². The molecule has 2 heterocycles. The molecule has 0 N–H and O–H groups in total. The number of para-hydroxylation sites is 2. The van der Waals surface area contributed by atoms with E-state index in [-0.39, 0.29) is 25.0 Å². The Bertz CT molecular complexity index is 1030. The molecule has 0 aliphatic carbocycles. The molecule has 0 radical (unpaired) electrons. The Morgan fingerprint density at radius 3 is 2.19 bits per heavy atom. The number of benzene rings is 2. The van der Waals surface area contributed by atoms with Gasteiger partial charge >= 0.3 is 0 Å². The molecule has 2 amide bonds. The first-order valence-corrected chi connectivity index (χ1v) is 10.5. The maximum absolute atomic E-state index is 13.5. The molecule has 0 unspecified atom stereocenters. The molecule has 2 aromatic rings. The molecule has 7 nitrogen and oxygen atoms in total. The van der Waals surface area contributed by atoms with E-state index >= 15 is 0 Å². The monoisotopic (exact) mass is 439 g/mol. The first-order valence-electron chi connectivity index (χ1n) is 10.5. The summed E-state index contributed by atoms with van der Waals surface area (Å²) >= 11 is 0. The molecule has 2 aliphatic heterocycles. The number of rotatable bonds is 7. The highest BCUT2D eigenvalue weighted by atomic mass is 19.1. The van der Waals surface area contributed by atoms with Crippen LogP contribution in [0.2, 0.25) is 0 Å². The van der Waals surface area contributed by atoms with E-state index < -0.39 is 5.82 Å². The maximum atomic E-state index is 13.5. The lowest BCUT2D eigenvalue weighted by Crippen LogP contribution is -2.48. The first-order chi connectivity index (χ1) is 15.5. The Balaban J connectivity index is 1.62. The van der Waals surface area contributed by atoms with Crippen molar-refractivity contribution >= 4 is 23.1 Å². The Labute approximate surface area is 186 Å². The van der Waals surface area contributed by atoms with Gasteiger partial charge in [0.1, 0.15) is 17.3 Å². The summed E-state index contributed by atoms with van der Waals surface area (Å²) in [6.07, 6.45) is 0. The number of halogens is 1. The lowest BCUT2D eigenvalue weighted by molar-refractivity contribution is -0.138. The summed E-state index contributed by atoms with van der Waals surface area (Å²) in [4.78, 5) is 31.8. The van der Waals surface area contributed by atoms with Crippen molar-refractivity contribution in [3.8, 4) is 5.75 Å². The molecule has 1 saturated heterocycles. The first kappa shape index (κ1) is 21.8. The number of nitrogens with zero attached hydrogens (tertiary/aromatic N) is 3. The van der Waals surface area contributed by atoms with Gasteiger partial charge in [-0.2, -0.15) is 0 Å². The van der Waals surface area contributed by atoms with E-state index in [2.05, 4.69) is 4.90 Å². The highest BCUT2D eigenvalue weighted by Crippen LogP contribution is 2.34. The summed E-state index contributed by atoms with van der Waals surface area (Å²) in [5, 5.41) is 0. The van der Waals surface area contributed by atoms with Gasteiger partial charge in [-0.05, 0) is 29.8 Å². The largest absolute Gasteiger partial charge is 0.495 e. The van der Waals surface area contributed by atoms with Crippen LogP contribution in [0.3, 0.4) is 0 Å². The van der Waals surface area contributed by atoms with Crippen molar-refractivity contribution in [1.29, 1.82) is 0 Å². The van der Waals surface area contributed by atoms with E-state index in [1.54, 1.807) is 19.2 Å². The SMILES string of the molecule is COCCN1C(=O)C(c2ccc(F)cc2)=C(N2CCN(c3ccccc3OC)CC2)C1=O. The summed E-state index contributed by atoms with van der Waals surface area (Å²) in [7, 11) is 3.17. The topological polar surface area (TPSA) is 62.3 Å². The van der Waals surface area contributed by atoms with Crippen molar-refractivity contribution in [2.75, 3.05) is 58.5 Å². The number of carbonyl (C=O) groups excluding carboxylic acids is 2. The minimum atomic E-state index is -0.394. The van der Waals surface area contributed by atoms with Gasteiger partial charge in [-0.25, -0.2) is 4.39 Å². The van der Waals surface area contributed by atoms with Crippen LogP contribution >= 0.6 is 0 Å². The van der Waals surface area contributed by atoms with Crippen LogP contribution in [0.15, 0.2) is 54.2 Å². The van der Waals surface area contributed by atoms with Gasteiger partial charge < -0.3 is 19.3 Å². The molecule has 0 saturated carbocycles. The van der Waals surface area contributed by atoms with Crippen molar-refractivity contribution in [3.63, 3.8) is 0 Å². The molecule has 0 atom stereocenters. The van der Waals surface area contributed by atoms with Crippen LogP contribution in [0.25, 0.3) is 5.57 Å². The second kappa shape index (κ2) is 9.40. The molecule has 2 aliphatic rings.